The van der Waals surface area contributed by atoms with Crippen LogP contribution in [0.25, 0.3) is 0 Å². The van der Waals surface area contributed by atoms with Crippen LogP contribution in [0.4, 0.5) is 0 Å². The molecule has 0 radical (unpaired) electrons. The lowest BCUT2D eigenvalue weighted by atomic mass is 9.86. The lowest BCUT2D eigenvalue weighted by Gasteiger charge is -2.28. The number of benzene rings is 1. The molecular weight excluding hydrogens is 502 g/mol. The molecule has 5 atom stereocenters. The van der Waals surface area contributed by atoms with Gasteiger partial charge in [0.1, 0.15) is 6.04 Å². The maximum absolute atomic E-state index is 12.8. The molecule has 1 rings (SSSR count). The van der Waals surface area contributed by atoms with E-state index in [1.54, 1.807) is 40.7 Å². The van der Waals surface area contributed by atoms with E-state index in [1.165, 1.54) is 12.1 Å². The van der Waals surface area contributed by atoms with Gasteiger partial charge in [0, 0.05) is 5.92 Å². The summed E-state index contributed by atoms with van der Waals surface area (Å²) in [4.78, 5) is 49.9. The summed E-state index contributed by atoms with van der Waals surface area (Å²) in [5.41, 5.74) is 5.85. The number of hydrogen-bond donors (Lipinski definition) is 2. The van der Waals surface area contributed by atoms with Gasteiger partial charge in [0.05, 0.1) is 23.4 Å². The van der Waals surface area contributed by atoms with Crippen LogP contribution in [0.3, 0.4) is 0 Å². The molecule has 0 saturated carbocycles. The average molecular weight is 550 g/mol. The molecular formula is C30H47NO8. The van der Waals surface area contributed by atoms with Crippen LogP contribution in [0.5, 0.6) is 11.5 Å². The molecule has 0 aliphatic carbocycles. The highest BCUT2D eigenvalue weighted by Gasteiger charge is 2.33. The Morgan fingerprint density at radius 1 is 0.897 bits per heavy atom. The maximum Gasteiger partial charge on any atom is 0.321 e. The zero-order valence-corrected chi connectivity index (χ0v) is 24.7. The third-order valence-corrected chi connectivity index (χ3v) is 7.11. The molecule has 39 heavy (non-hydrogen) atoms. The van der Waals surface area contributed by atoms with Crippen molar-refractivity contribution in [2.45, 2.75) is 112 Å². The van der Waals surface area contributed by atoms with E-state index in [4.69, 9.17) is 19.9 Å². The lowest BCUT2D eigenvalue weighted by molar-refractivity contribution is -0.159. The van der Waals surface area contributed by atoms with E-state index in [9.17, 15) is 24.3 Å². The van der Waals surface area contributed by atoms with E-state index in [2.05, 4.69) is 0 Å². The molecule has 0 aromatic heterocycles. The summed E-state index contributed by atoms with van der Waals surface area (Å²) < 4.78 is 16.9. The number of carboxylic acid groups (broad SMARTS) is 1. The van der Waals surface area contributed by atoms with E-state index in [-0.39, 0.29) is 35.7 Å². The Morgan fingerprint density at radius 2 is 1.41 bits per heavy atom. The summed E-state index contributed by atoms with van der Waals surface area (Å²) in [6.45, 7) is 14.6. The molecule has 0 aliphatic rings. The van der Waals surface area contributed by atoms with Crippen molar-refractivity contribution in [3.63, 3.8) is 0 Å². The number of rotatable bonds is 16. The molecule has 0 bridgehead atoms. The summed E-state index contributed by atoms with van der Waals surface area (Å²) in [5.74, 6) is -4.02. The second kappa shape index (κ2) is 15.6. The summed E-state index contributed by atoms with van der Waals surface area (Å²) in [7, 11) is 0. The number of ether oxygens (including phenoxy) is 3. The third kappa shape index (κ3) is 10.3. The number of hydrogen-bond acceptors (Lipinski definition) is 8. The fourth-order valence-corrected chi connectivity index (χ4v) is 3.99. The second-order valence-corrected chi connectivity index (χ2v) is 11.1. The molecule has 0 spiro atoms. The van der Waals surface area contributed by atoms with Gasteiger partial charge in [0.2, 0.25) is 0 Å². The smallest absolute Gasteiger partial charge is 0.321 e. The van der Waals surface area contributed by atoms with E-state index < -0.39 is 41.4 Å². The van der Waals surface area contributed by atoms with Gasteiger partial charge in [-0.05, 0) is 64.2 Å². The lowest BCUT2D eigenvalue weighted by Crippen LogP contribution is -2.39. The Labute approximate surface area is 232 Å². The van der Waals surface area contributed by atoms with Crippen molar-refractivity contribution in [2.75, 3.05) is 0 Å². The van der Waals surface area contributed by atoms with E-state index >= 15 is 0 Å². The number of aliphatic carboxylic acids is 1. The molecule has 1 aromatic carbocycles. The first-order valence-corrected chi connectivity index (χ1v) is 13.9. The number of carbonyl (C=O) groups is 4. The van der Waals surface area contributed by atoms with Crippen molar-refractivity contribution in [1.82, 2.24) is 0 Å². The number of carboxylic acids is 1. The minimum Gasteiger partial charge on any atom is -0.480 e. The monoisotopic (exact) mass is 549 g/mol. The van der Waals surface area contributed by atoms with Crippen LogP contribution in [0, 0.1) is 17.3 Å². The van der Waals surface area contributed by atoms with Gasteiger partial charge in [-0.15, -0.1) is 0 Å². The van der Waals surface area contributed by atoms with Gasteiger partial charge < -0.3 is 25.1 Å². The SMILES string of the molecule is CCCC(C)C(=O)Oc1ccc(C(CC(C)OC(=O)C(C)(C)CC)[C@H](N)C(=O)O)cc1OC(=O)C(C)CCC. The maximum atomic E-state index is 12.8. The van der Waals surface area contributed by atoms with Crippen molar-refractivity contribution < 1.29 is 38.5 Å². The molecule has 0 fully saturated rings. The average Bonchev–Trinajstić information content (AvgIpc) is 2.87. The summed E-state index contributed by atoms with van der Waals surface area (Å²) in [5, 5.41) is 9.72. The van der Waals surface area contributed by atoms with Crippen molar-refractivity contribution in [1.29, 1.82) is 0 Å². The predicted octanol–water partition coefficient (Wildman–Crippen LogP) is 5.62. The van der Waals surface area contributed by atoms with Gasteiger partial charge in [-0.25, -0.2) is 0 Å². The van der Waals surface area contributed by atoms with Crippen molar-refractivity contribution in [2.24, 2.45) is 23.0 Å². The second-order valence-electron chi connectivity index (χ2n) is 11.1. The van der Waals surface area contributed by atoms with E-state index in [1.807, 2.05) is 20.8 Å². The zero-order valence-electron chi connectivity index (χ0n) is 24.7. The highest BCUT2D eigenvalue weighted by molar-refractivity contribution is 5.79. The Hall–Kier alpha value is -2.94. The zero-order chi connectivity index (χ0) is 29.9. The first-order valence-electron chi connectivity index (χ1n) is 13.9. The Balaban J connectivity index is 3.43. The van der Waals surface area contributed by atoms with Crippen LogP contribution >= 0.6 is 0 Å². The largest absolute Gasteiger partial charge is 0.480 e. The molecule has 0 amide bonds. The number of carbonyl (C=O) groups excluding carboxylic acids is 3. The Bertz CT molecular complexity index is 989. The van der Waals surface area contributed by atoms with Gasteiger partial charge in [-0.3, -0.25) is 19.2 Å². The highest BCUT2D eigenvalue weighted by Crippen LogP contribution is 2.36. The van der Waals surface area contributed by atoms with Crippen molar-refractivity contribution in [3.8, 4) is 11.5 Å². The van der Waals surface area contributed by atoms with Crippen LogP contribution in [-0.2, 0) is 23.9 Å². The van der Waals surface area contributed by atoms with E-state index in [0.717, 1.165) is 12.8 Å². The van der Waals surface area contributed by atoms with Crippen molar-refractivity contribution in [3.05, 3.63) is 23.8 Å². The molecule has 0 saturated heterocycles. The quantitative estimate of drug-likeness (QED) is 0.198. The topological polar surface area (TPSA) is 142 Å². The number of esters is 3. The minimum absolute atomic E-state index is 0.0110. The standard InChI is InChI=1S/C30H47NO8/c1-9-12-18(4)27(34)38-23-15-14-21(17-24(23)39-28(35)19(5)13-10-2)22(25(31)26(32)33)16-20(6)37-29(36)30(7,8)11-3/h14-15,17-20,22,25H,9-13,16,31H2,1-8H3,(H,32,33)/t18?,19?,20?,22?,25-/m0/s1. The fourth-order valence-electron chi connectivity index (χ4n) is 3.99. The molecule has 9 nitrogen and oxygen atoms in total. The van der Waals surface area contributed by atoms with Crippen LogP contribution < -0.4 is 15.2 Å². The van der Waals surface area contributed by atoms with Gasteiger partial charge in [0.25, 0.3) is 0 Å². The van der Waals surface area contributed by atoms with Crippen LogP contribution in [0.1, 0.15) is 105 Å². The Kier molecular flexibility index (Phi) is 13.6. The third-order valence-electron chi connectivity index (χ3n) is 7.11. The first-order chi connectivity index (χ1) is 18.2. The van der Waals surface area contributed by atoms with Crippen LogP contribution in [-0.4, -0.2) is 41.1 Å². The fraction of sp³-hybridized carbons (Fsp3) is 0.667. The highest BCUT2D eigenvalue weighted by atomic mass is 16.6. The predicted molar refractivity (Wildman–Crippen MR) is 148 cm³/mol. The summed E-state index contributed by atoms with van der Waals surface area (Å²) in [6.07, 6.45) is 2.91. The summed E-state index contributed by atoms with van der Waals surface area (Å²) >= 11 is 0. The van der Waals surface area contributed by atoms with Gasteiger partial charge >= 0.3 is 23.9 Å². The molecule has 9 heteroatoms. The van der Waals surface area contributed by atoms with E-state index in [0.29, 0.717) is 24.8 Å². The molecule has 0 aliphatic heterocycles. The minimum atomic E-state index is -1.33. The van der Waals surface area contributed by atoms with Gasteiger partial charge in [0.15, 0.2) is 11.5 Å². The van der Waals surface area contributed by atoms with Gasteiger partial charge in [-0.2, -0.15) is 0 Å². The molecule has 1 aromatic rings. The molecule has 4 unspecified atom stereocenters. The Morgan fingerprint density at radius 3 is 1.87 bits per heavy atom. The molecule has 3 N–H and O–H groups in total. The first kappa shape index (κ1) is 34.1. The van der Waals surface area contributed by atoms with Gasteiger partial charge in [-0.1, -0.05) is 53.5 Å². The van der Waals surface area contributed by atoms with Crippen molar-refractivity contribution >= 4 is 23.9 Å². The molecule has 0 heterocycles. The van der Waals surface area contributed by atoms with Crippen LogP contribution in [0.2, 0.25) is 0 Å². The normalized spacial score (nSPS) is 15.4. The number of nitrogens with two attached hydrogens (primary N) is 1. The summed E-state index contributed by atoms with van der Waals surface area (Å²) in [6, 6.07) is 3.24. The molecule has 220 valence electrons. The van der Waals surface area contributed by atoms with Crippen LogP contribution in [0.15, 0.2) is 18.2 Å².